The Hall–Kier alpha value is -3.40. The van der Waals surface area contributed by atoms with Crippen molar-refractivity contribution in [2.75, 3.05) is 31.1 Å². The van der Waals surface area contributed by atoms with Gasteiger partial charge in [-0.1, -0.05) is 17.3 Å². The smallest absolute Gasteiger partial charge is 0.269 e. The van der Waals surface area contributed by atoms with Crippen molar-refractivity contribution in [2.24, 2.45) is 0 Å². The molecule has 1 aromatic heterocycles. The van der Waals surface area contributed by atoms with E-state index in [1.807, 2.05) is 29.2 Å². The third-order valence-electron chi connectivity index (χ3n) is 5.03. The highest BCUT2D eigenvalue weighted by Gasteiger charge is 2.24. The predicted octanol–water partition coefficient (Wildman–Crippen LogP) is 3.54. The standard InChI is InChI=1S/C21H21N5O4S/c1-15-22-20(30-23-15)14-31-19-5-3-2-4-18(19)21(27)25-12-10-24(11-13-25)16-6-8-17(9-7-16)26(28)29/h2-9H,10-14H2,1H3. The fourth-order valence-corrected chi connectivity index (χ4v) is 4.31. The molecule has 1 aliphatic heterocycles. The van der Waals surface area contributed by atoms with Crippen molar-refractivity contribution in [3.8, 4) is 0 Å². The van der Waals surface area contributed by atoms with Gasteiger partial charge in [-0.25, -0.2) is 0 Å². The zero-order valence-corrected chi connectivity index (χ0v) is 17.7. The summed E-state index contributed by atoms with van der Waals surface area (Å²) in [6.07, 6.45) is 0. The molecule has 1 saturated heterocycles. The van der Waals surface area contributed by atoms with Crippen molar-refractivity contribution in [2.45, 2.75) is 17.6 Å². The summed E-state index contributed by atoms with van der Waals surface area (Å²) in [6.45, 7) is 4.26. The second-order valence-corrected chi connectivity index (χ2v) is 8.09. The van der Waals surface area contributed by atoms with Gasteiger partial charge in [0.15, 0.2) is 5.82 Å². The molecule has 0 radical (unpaired) electrons. The number of aromatic nitrogens is 2. The molecule has 0 spiro atoms. The molecule has 0 unspecified atom stereocenters. The number of nitrogens with zero attached hydrogens (tertiary/aromatic N) is 5. The molecule has 31 heavy (non-hydrogen) atoms. The fourth-order valence-electron chi connectivity index (χ4n) is 3.43. The number of benzene rings is 2. The molecular formula is C21H21N5O4S. The lowest BCUT2D eigenvalue weighted by Gasteiger charge is -2.36. The number of anilines is 1. The highest BCUT2D eigenvalue weighted by Crippen LogP contribution is 2.27. The van der Waals surface area contributed by atoms with Gasteiger partial charge < -0.3 is 14.3 Å². The topological polar surface area (TPSA) is 106 Å². The molecule has 1 amide bonds. The van der Waals surface area contributed by atoms with E-state index in [2.05, 4.69) is 15.0 Å². The Labute approximate surface area is 183 Å². The highest BCUT2D eigenvalue weighted by molar-refractivity contribution is 7.98. The van der Waals surface area contributed by atoms with Gasteiger partial charge in [0.2, 0.25) is 5.89 Å². The molecule has 0 bridgehead atoms. The quantitative estimate of drug-likeness (QED) is 0.326. The second kappa shape index (κ2) is 9.17. The van der Waals surface area contributed by atoms with Crippen LogP contribution >= 0.6 is 11.8 Å². The van der Waals surface area contributed by atoms with Crippen molar-refractivity contribution < 1.29 is 14.2 Å². The first kappa shape index (κ1) is 20.9. The highest BCUT2D eigenvalue weighted by atomic mass is 32.2. The van der Waals surface area contributed by atoms with Crippen LogP contribution in [0.25, 0.3) is 0 Å². The number of piperazine rings is 1. The van der Waals surface area contributed by atoms with Gasteiger partial charge >= 0.3 is 0 Å². The van der Waals surface area contributed by atoms with Gasteiger partial charge in [-0.2, -0.15) is 4.98 Å². The van der Waals surface area contributed by atoms with E-state index in [1.54, 1.807) is 19.1 Å². The maximum atomic E-state index is 13.2. The minimum Gasteiger partial charge on any atom is -0.368 e. The summed E-state index contributed by atoms with van der Waals surface area (Å²) in [6, 6.07) is 14.0. The Morgan fingerprint density at radius 2 is 1.84 bits per heavy atom. The number of hydrogen-bond donors (Lipinski definition) is 0. The first-order chi connectivity index (χ1) is 15.0. The van der Waals surface area contributed by atoms with Crippen LogP contribution in [0.1, 0.15) is 22.1 Å². The van der Waals surface area contributed by atoms with E-state index in [0.717, 1.165) is 10.6 Å². The molecule has 2 heterocycles. The number of thioether (sulfide) groups is 1. The molecule has 1 fully saturated rings. The van der Waals surface area contributed by atoms with Gasteiger partial charge in [-0.05, 0) is 31.2 Å². The summed E-state index contributed by atoms with van der Waals surface area (Å²) in [7, 11) is 0. The van der Waals surface area contributed by atoms with Crippen LogP contribution in [0, 0.1) is 17.0 Å². The van der Waals surface area contributed by atoms with Crippen LogP contribution in [0.3, 0.4) is 0 Å². The van der Waals surface area contributed by atoms with Gasteiger partial charge in [-0.15, -0.1) is 11.8 Å². The number of aryl methyl sites for hydroxylation is 1. The Morgan fingerprint density at radius 3 is 2.48 bits per heavy atom. The monoisotopic (exact) mass is 439 g/mol. The summed E-state index contributed by atoms with van der Waals surface area (Å²) in [5.74, 6) is 1.61. The van der Waals surface area contributed by atoms with Crippen LogP contribution in [0.15, 0.2) is 57.9 Å². The fraction of sp³-hybridized carbons (Fsp3) is 0.286. The maximum Gasteiger partial charge on any atom is 0.269 e. The summed E-state index contributed by atoms with van der Waals surface area (Å²) in [5.41, 5.74) is 1.65. The van der Waals surface area contributed by atoms with E-state index in [1.165, 1.54) is 23.9 Å². The van der Waals surface area contributed by atoms with Crippen molar-refractivity contribution in [1.82, 2.24) is 15.0 Å². The molecule has 3 aromatic rings. The predicted molar refractivity (Wildman–Crippen MR) is 116 cm³/mol. The zero-order chi connectivity index (χ0) is 21.8. The summed E-state index contributed by atoms with van der Waals surface area (Å²) >= 11 is 1.50. The third-order valence-corrected chi connectivity index (χ3v) is 6.09. The zero-order valence-electron chi connectivity index (χ0n) is 16.9. The number of amides is 1. The molecule has 2 aromatic carbocycles. The minimum absolute atomic E-state index is 0.00633. The Morgan fingerprint density at radius 1 is 1.13 bits per heavy atom. The number of carbonyl (C=O) groups is 1. The van der Waals surface area contributed by atoms with Crippen molar-refractivity contribution in [3.05, 3.63) is 75.9 Å². The van der Waals surface area contributed by atoms with Crippen molar-refractivity contribution >= 4 is 29.0 Å². The van der Waals surface area contributed by atoms with Crippen molar-refractivity contribution in [1.29, 1.82) is 0 Å². The van der Waals surface area contributed by atoms with Crippen LogP contribution in [0.4, 0.5) is 11.4 Å². The van der Waals surface area contributed by atoms with Gasteiger partial charge in [0.25, 0.3) is 11.6 Å². The first-order valence-electron chi connectivity index (χ1n) is 9.81. The summed E-state index contributed by atoms with van der Waals surface area (Å²) < 4.78 is 5.16. The number of carbonyl (C=O) groups excluding carboxylic acids is 1. The molecule has 1 aliphatic rings. The number of nitro benzene ring substituents is 1. The van der Waals surface area contributed by atoms with E-state index >= 15 is 0 Å². The second-order valence-electron chi connectivity index (χ2n) is 7.07. The van der Waals surface area contributed by atoms with E-state index in [-0.39, 0.29) is 11.6 Å². The normalized spacial score (nSPS) is 14.0. The van der Waals surface area contributed by atoms with Gasteiger partial charge in [0.05, 0.1) is 16.2 Å². The number of non-ortho nitro benzene ring substituents is 1. The average Bonchev–Trinajstić information content (AvgIpc) is 3.22. The number of hydrogen-bond acceptors (Lipinski definition) is 8. The molecule has 160 valence electrons. The molecule has 9 nitrogen and oxygen atoms in total. The summed E-state index contributed by atoms with van der Waals surface area (Å²) in [4.78, 5) is 32.6. The Balaban J connectivity index is 1.39. The largest absolute Gasteiger partial charge is 0.368 e. The molecule has 0 N–H and O–H groups in total. The lowest BCUT2D eigenvalue weighted by molar-refractivity contribution is -0.384. The van der Waals surface area contributed by atoms with Crippen LogP contribution < -0.4 is 4.90 Å². The van der Waals surface area contributed by atoms with Crippen LogP contribution in [-0.4, -0.2) is 52.1 Å². The van der Waals surface area contributed by atoms with Crippen LogP contribution in [0.5, 0.6) is 0 Å². The Kier molecular flexibility index (Phi) is 6.17. The van der Waals surface area contributed by atoms with Crippen LogP contribution in [0.2, 0.25) is 0 Å². The molecule has 4 rings (SSSR count). The number of nitro groups is 1. The van der Waals surface area contributed by atoms with Gasteiger partial charge in [0.1, 0.15) is 0 Å². The first-order valence-corrected chi connectivity index (χ1v) is 10.8. The molecule has 0 atom stereocenters. The van der Waals surface area contributed by atoms with E-state index in [9.17, 15) is 14.9 Å². The lowest BCUT2D eigenvalue weighted by Crippen LogP contribution is -2.48. The van der Waals surface area contributed by atoms with E-state index in [0.29, 0.717) is 49.2 Å². The molecular weight excluding hydrogens is 418 g/mol. The van der Waals surface area contributed by atoms with Crippen LogP contribution in [-0.2, 0) is 5.75 Å². The maximum absolute atomic E-state index is 13.2. The minimum atomic E-state index is -0.407. The molecule has 0 aliphatic carbocycles. The molecule has 0 saturated carbocycles. The average molecular weight is 439 g/mol. The van der Waals surface area contributed by atoms with E-state index < -0.39 is 4.92 Å². The third kappa shape index (κ3) is 4.85. The van der Waals surface area contributed by atoms with E-state index in [4.69, 9.17) is 4.52 Å². The summed E-state index contributed by atoms with van der Waals surface area (Å²) in [5, 5.41) is 14.6. The Bertz CT molecular complexity index is 1080. The van der Waals surface area contributed by atoms with Crippen molar-refractivity contribution in [3.63, 3.8) is 0 Å². The number of rotatable bonds is 6. The SMILES string of the molecule is Cc1noc(CSc2ccccc2C(=O)N2CCN(c3ccc([N+](=O)[O-])cc3)CC2)n1. The molecule has 10 heteroatoms. The van der Waals surface area contributed by atoms with Gasteiger partial charge in [-0.3, -0.25) is 14.9 Å². The lowest BCUT2D eigenvalue weighted by atomic mass is 10.1. The van der Waals surface area contributed by atoms with Gasteiger partial charge in [0, 0.05) is 48.9 Å².